The molecular weight excluding hydrogens is 238 g/mol. The first-order valence-electron chi connectivity index (χ1n) is 5.65. The van der Waals surface area contributed by atoms with E-state index in [9.17, 15) is 10.2 Å². The molecule has 18 heavy (non-hydrogen) atoms. The van der Waals surface area contributed by atoms with Crippen molar-refractivity contribution in [2.45, 2.75) is 31.0 Å². The second-order valence-corrected chi connectivity index (χ2v) is 4.58. The molecular formula is C10H11N5O3. The van der Waals surface area contributed by atoms with Crippen LogP contribution in [0.4, 0.5) is 5.82 Å². The van der Waals surface area contributed by atoms with Crippen LogP contribution in [-0.4, -0.2) is 48.0 Å². The highest BCUT2D eigenvalue weighted by Gasteiger charge is 2.49. The zero-order valence-corrected chi connectivity index (χ0v) is 9.26. The van der Waals surface area contributed by atoms with Gasteiger partial charge in [-0.15, -0.1) is 0 Å². The molecule has 2 aliphatic heterocycles. The Kier molecular flexibility index (Phi) is 1.79. The van der Waals surface area contributed by atoms with Crippen molar-refractivity contribution in [3.8, 4) is 0 Å². The second kappa shape index (κ2) is 3.16. The molecule has 94 valence electrons. The third-order valence-electron chi connectivity index (χ3n) is 3.55. The van der Waals surface area contributed by atoms with Gasteiger partial charge >= 0.3 is 0 Å². The van der Waals surface area contributed by atoms with Gasteiger partial charge in [0.15, 0.2) is 23.2 Å². The summed E-state index contributed by atoms with van der Waals surface area (Å²) in [6, 6.07) is 0. The summed E-state index contributed by atoms with van der Waals surface area (Å²) in [6.07, 6.45) is -1.20. The lowest BCUT2D eigenvalue weighted by molar-refractivity contribution is -0.0525. The van der Waals surface area contributed by atoms with E-state index in [2.05, 4.69) is 15.0 Å². The predicted octanol–water partition coefficient (Wildman–Crippen LogP) is -1.42. The quantitative estimate of drug-likeness (QED) is 0.524. The van der Waals surface area contributed by atoms with Crippen molar-refractivity contribution < 1.29 is 14.9 Å². The molecule has 4 N–H and O–H groups in total. The van der Waals surface area contributed by atoms with Gasteiger partial charge in [-0.3, -0.25) is 4.57 Å². The van der Waals surface area contributed by atoms with Crippen molar-refractivity contribution in [1.29, 1.82) is 0 Å². The zero-order valence-electron chi connectivity index (χ0n) is 9.26. The summed E-state index contributed by atoms with van der Waals surface area (Å²) in [4.78, 5) is 12.4. The van der Waals surface area contributed by atoms with E-state index >= 15 is 0 Å². The van der Waals surface area contributed by atoms with Crippen LogP contribution in [-0.2, 0) is 11.2 Å². The first kappa shape index (κ1) is 10.2. The third kappa shape index (κ3) is 1.07. The minimum atomic E-state index is -0.982. The van der Waals surface area contributed by atoms with Crippen molar-refractivity contribution in [2.75, 3.05) is 5.73 Å². The number of hydrogen-bond donors (Lipinski definition) is 3. The van der Waals surface area contributed by atoms with Gasteiger partial charge in [-0.2, -0.15) is 0 Å². The molecule has 2 aromatic rings. The number of rotatable bonds is 0. The molecule has 2 aliphatic rings. The number of nitrogens with zero attached hydrogens (tertiary/aromatic N) is 4. The molecule has 8 heteroatoms. The average Bonchev–Trinajstić information content (AvgIpc) is 2.84. The number of nitrogen functional groups attached to an aromatic ring is 1. The Morgan fingerprint density at radius 2 is 2.17 bits per heavy atom. The zero-order chi connectivity index (χ0) is 12.4. The molecule has 4 rings (SSSR count). The molecule has 1 fully saturated rings. The maximum absolute atomic E-state index is 9.96. The number of hydrogen-bond acceptors (Lipinski definition) is 7. The molecule has 0 saturated carbocycles. The van der Waals surface area contributed by atoms with E-state index in [-0.39, 0.29) is 0 Å². The van der Waals surface area contributed by atoms with Gasteiger partial charge < -0.3 is 20.7 Å². The van der Waals surface area contributed by atoms with E-state index in [1.54, 1.807) is 4.57 Å². The van der Waals surface area contributed by atoms with Crippen molar-refractivity contribution in [3.05, 3.63) is 12.2 Å². The molecule has 0 aromatic carbocycles. The number of nitrogens with two attached hydrogens (primary N) is 1. The fourth-order valence-electron chi connectivity index (χ4n) is 2.67. The highest BCUT2D eigenvalue weighted by atomic mass is 16.6. The van der Waals surface area contributed by atoms with Gasteiger partial charge in [-0.1, -0.05) is 0 Å². The molecule has 2 bridgehead atoms. The number of aliphatic hydroxyl groups is 2. The Morgan fingerprint density at radius 3 is 3.00 bits per heavy atom. The van der Waals surface area contributed by atoms with Crippen molar-refractivity contribution >= 4 is 17.0 Å². The summed E-state index contributed by atoms with van der Waals surface area (Å²) in [7, 11) is 0. The number of aliphatic hydroxyl groups excluding tert-OH is 2. The second-order valence-electron chi connectivity index (χ2n) is 4.58. The van der Waals surface area contributed by atoms with Crippen LogP contribution in [0.25, 0.3) is 11.2 Å². The molecule has 0 aliphatic carbocycles. The van der Waals surface area contributed by atoms with Crippen LogP contribution >= 0.6 is 0 Å². The summed E-state index contributed by atoms with van der Waals surface area (Å²) in [6.45, 7) is 0. The Balaban J connectivity index is 1.99. The minimum absolute atomic E-state index is 0.299. The smallest absolute Gasteiger partial charge is 0.167 e. The molecule has 4 atom stereocenters. The topological polar surface area (TPSA) is 119 Å². The van der Waals surface area contributed by atoms with Crippen LogP contribution in [0.1, 0.15) is 12.1 Å². The van der Waals surface area contributed by atoms with Crippen LogP contribution in [0.15, 0.2) is 6.33 Å². The van der Waals surface area contributed by atoms with Gasteiger partial charge in [-0.25, -0.2) is 15.0 Å². The van der Waals surface area contributed by atoms with Crippen LogP contribution in [0.5, 0.6) is 0 Å². The summed E-state index contributed by atoms with van der Waals surface area (Å²) < 4.78 is 7.26. The monoisotopic (exact) mass is 249 g/mol. The molecule has 0 unspecified atom stereocenters. The Morgan fingerprint density at radius 1 is 1.33 bits per heavy atom. The van der Waals surface area contributed by atoms with Crippen molar-refractivity contribution in [2.24, 2.45) is 0 Å². The Bertz CT molecular complexity index is 642. The molecule has 1 saturated heterocycles. The molecule has 4 heterocycles. The predicted molar refractivity (Wildman–Crippen MR) is 59.4 cm³/mol. The van der Waals surface area contributed by atoms with E-state index in [1.165, 1.54) is 6.33 Å². The van der Waals surface area contributed by atoms with Crippen molar-refractivity contribution in [3.63, 3.8) is 0 Å². The molecule has 2 aromatic heterocycles. The molecule has 0 radical (unpaired) electrons. The lowest BCUT2D eigenvalue weighted by Crippen LogP contribution is -2.30. The van der Waals surface area contributed by atoms with Gasteiger partial charge in [0.25, 0.3) is 0 Å². The summed E-state index contributed by atoms with van der Waals surface area (Å²) in [5, 5.41) is 19.8. The SMILES string of the molecule is Nc1ncnc2c1nc1n2[C@@H]2O[C@H](C1)[C@@H](O)[C@H]2O. The van der Waals surface area contributed by atoms with Gasteiger partial charge in [0, 0.05) is 6.42 Å². The number of imidazole rings is 1. The highest BCUT2D eigenvalue weighted by Crippen LogP contribution is 2.38. The molecule has 0 amide bonds. The number of fused-ring (bicyclic) bond motifs is 6. The van der Waals surface area contributed by atoms with E-state index in [1.807, 2.05) is 0 Å². The maximum Gasteiger partial charge on any atom is 0.167 e. The van der Waals surface area contributed by atoms with E-state index < -0.39 is 24.5 Å². The fraction of sp³-hybridized carbons (Fsp3) is 0.500. The summed E-state index contributed by atoms with van der Waals surface area (Å²) >= 11 is 0. The minimum Gasteiger partial charge on any atom is -0.388 e. The van der Waals surface area contributed by atoms with E-state index in [0.717, 1.165) is 0 Å². The Labute approximate surface area is 101 Å². The van der Waals surface area contributed by atoms with Crippen LogP contribution in [0.2, 0.25) is 0 Å². The van der Waals surface area contributed by atoms with Crippen LogP contribution in [0.3, 0.4) is 0 Å². The lowest BCUT2D eigenvalue weighted by atomic mass is 10.1. The van der Waals surface area contributed by atoms with Gasteiger partial charge in [-0.05, 0) is 0 Å². The number of aromatic nitrogens is 4. The Hall–Kier alpha value is -1.77. The first-order chi connectivity index (χ1) is 8.66. The summed E-state index contributed by atoms with van der Waals surface area (Å²) in [5.41, 5.74) is 6.78. The number of anilines is 1. The van der Waals surface area contributed by atoms with Gasteiger partial charge in [0.2, 0.25) is 0 Å². The van der Waals surface area contributed by atoms with Gasteiger partial charge in [0.1, 0.15) is 24.4 Å². The molecule has 0 spiro atoms. The van der Waals surface area contributed by atoms with E-state index in [4.69, 9.17) is 10.5 Å². The van der Waals surface area contributed by atoms with Crippen LogP contribution < -0.4 is 5.73 Å². The summed E-state index contributed by atoms with van der Waals surface area (Å²) in [5.74, 6) is 1.00. The fourth-order valence-corrected chi connectivity index (χ4v) is 2.67. The standard InChI is InChI=1S/C10H11N5O3/c11-8-5-9(13-2-12-8)15-4(14-5)1-3-6(16)7(17)10(15)18-3/h2-3,6-7,10,16-17H,1H2,(H2,11,12,13)/t3-,6-,7-,10-/m1/s1. The number of ether oxygens (including phenoxy) is 1. The van der Waals surface area contributed by atoms with Crippen molar-refractivity contribution in [1.82, 2.24) is 19.5 Å². The highest BCUT2D eigenvalue weighted by molar-refractivity contribution is 5.82. The van der Waals surface area contributed by atoms with Gasteiger partial charge in [0.05, 0.1) is 6.10 Å². The first-order valence-corrected chi connectivity index (χ1v) is 5.65. The largest absolute Gasteiger partial charge is 0.388 e. The molecule has 8 nitrogen and oxygen atoms in total. The average molecular weight is 249 g/mol. The van der Waals surface area contributed by atoms with Crippen LogP contribution in [0, 0.1) is 0 Å². The third-order valence-corrected chi connectivity index (χ3v) is 3.55. The van der Waals surface area contributed by atoms with E-state index in [0.29, 0.717) is 29.2 Å². The maximum atomic E-state index is 9.96. The normalized spacial score (nSPS) is 33.9. The lowest BCUT2D eigenvalue weighted by Gasteiger charge is -2.23.